The quantitative estimate of drug-likeness (QED) is 0.926. The molecule has 0 atom stereocenters. The van der Waals surface area contributed by atoms with Gasteiger partial charge >= 0.3 is 0 Å². The van der Waals surface area contributed by atoms with Crippen LogP contribution in [0.15, 0.2) is 28.9 Å². The lowest BCUT2D eigenvalue weighted by atomic mass is 10.2. The van der Waals surface area contributed by atoms with E-state index in [-0.39, 0.29) is 5.82 Å². The van der Waals surface area contributed by atoms with Gasteiger partial charge in [-0.1, -0.05) is 17.7 Å². The van der Waals surface area contributed by atoms with Crippen molar-refractivity contribution in [2.75, 3.05) is 5.73 Å². The number of anilines is 1. The summed E-state index contributed by atoms with van der Waals surface area (Å²) in [6.07, 6.45) is 1.60. The molecule has 0 aliphatic rings. The van der Waals surface area contributed by atoms with Gasteiger partial charge in [0.15, 0.2) is 0 Å². The van der Waals surface area contributed by atoms with E-state index in [1.165, 1.54) is 12.1 Å². The zero-order chi connectivity index (χ0) is 11.7. The van der Waals surface area contributed by atoms with E-state index < -0.39 is 0 Å². The topological polar surface area (TPSA) is 43.8 Å². The van der Waals surface area contributed by atoms with Gasteiger partial charge in [0.1, 0.15) is 11.6 Å². The Bertz CT molecular complexity index is 527. The van der Waals surface area contributed by atoms with Gasteiger partial charge in [0, 0.05) is 5.02 Å². The number of nitrogens with two attached hydrogens (primary N) is 1. The Morgan fingerprint density at radius 1 is 1.50 bits per heavy atom. The Labute approximate surface area is 105 Å². The molecule has 1 heterocycles. The zero-order valence-electron chi connectivity index (χ0n) is 8.12. The Kier molecular flexibility index (Phi) is 3.16. The number of rotatable bonds is 2. The smallest absolute Gasteiger partial charge is 0.136 e. The molecule has 0 aliphatic carbocycles. The summed E-state index contributed by atoms with van der Waals surface area (Å²) >= 11 is 9.16. The summed E-state index contributed by atoms with van der Waals surface area (Å²) in [6.45, 7) is 0.413. The third-order valence-corrected chi connectivity index (χ3v) is 3.13. The van der Waals surface area contributed by atoms with E-state index in [0.29, 0.717) is 17.4 Å². The lowest BCUT2D eigenvalue weighted by molar-refractivity contribution is 0.625. The van der Waals surface area contributed by atoms with Gasteiger partial charge in [0.2, 0.25) is 0 Å². The number of nitrogen functional groups attached to an aromatic ring is 1. The standard InChI is InChI=1S/C10H8BrClFN3/c11-8-4-15-16(10(8)14)5-6-1-2-7(13)3-9(6)12/h1-4H,5,14H2. The number of halogens is 3. The van der Waals surface area contributed by atoms with Crippen LogP contribution in [-0.4, -0.2) is 9.78 Å². The molecule has 1 aromatic heterocycles. The Morgan fingerprint density at radius 2 is 2.25 bits per heavy atom. The maximum absolute atomic E-state index is 12.8. The predicted molar refractivity (Wildman–Crippen MR) is 64.9 cm³/mol. The lowest BCUT2D eigenvalue weighted by Gasteiger charge is -2.06. The highest BCUT2D eigenvalue weighted by molar-refractivity contribution is 9.10. The van der Waals surface area contributed by atoms with Crippen molar-refractivity contribution in [3.63, 3.8) is 0 Å². The minimum Gasteiger partial charge on any atom is -0.383 e. The van der Waals surface area contributed by atoms with E-state index in [1.807, 2.05) is 0 Å². The SMILES string of the molecule is Nc1c(Br)cnn1Cc1ccc(F)cc1Cl. The number of benzene rings is 1. The molecule has 16 heavy (non-hydrogen) atoms. The van der Waals surface area contributed by atoms with Crippen LogP contribution in [0.2, 0.25) is 5.02 Å². The molecule has 2 N–H and O–H groups in total. The largest absolute Gasteiger partial charge is 0.383 e. The molecule has 1 aromatic carbocycles. The van der Waals surface area contributed by atoms with Crippen LogP contribution in [0.1, 0.15) is 5.56 Å². The van der Waals surface area contributed by atoms with Crippen LogP contribution in [0.5, 0.6) is 0 Å². The highest BCUT2D eigenvalue weighted by atomic mass is 79.9. The van der Waals surface area contributed by atoms with Crippen molar-refractivity contribution < 1.29 is 4.39 Å². The van der Waals surface area contributed by atoms with Crippen LogP contribution in [0.3, 0.4) is 0 Å². The van der Waals surface area contributed by atoms with Crippen LogP contribution in [0.25, 0.3) is 0 Å². The molecule has 0 unspecified atom stereocenters. The molecule has 0 bridgehead atoms. The van der Waals surface area contributed by atoms with Crippen molar-refractivity contribution in [3.05, 3.63) is 45.3 Å². The zero-order valence-corrected chi connectivity index (χ0v) is 10.5. The summed E-state index contributed by atoms with van der Waals surface area (Å²) in [5.41, 5.74) is 6.54. The maximum atomic E-state index is 12.8. The summed E-state index contributed by atoms with van der Waals surface area (Å²) in [5, 5.41) is 4.43. The molecule has 2 aromatic rings. The van der Waals surface area contributed by atoms with E-state index in [0.717, 1.165) is 10.0 Å². The van der Waals surface area contributed by atoms with Gasteiger partial charge in [-0.25, -0.2) is 9.07 Å². The highest BCUT2D eigenvalue weighted by Gasteiger charge is 2.08. The molecule has 0 saturated carbocycles. The minimum atomic E-state index is -0.358. The van der Waals surface area contributed by atoms with Crippen molar-refractivity contribution >= 4 is 33.3 Å². The molecule has 2 rings (SSSR count). The van der Waals surface area contributed by atoms with Crippen molar-refractivity contribution in [3.8, 4) is 0 Å². The highest BCUT2D eigenvalue weighted by Crippen LogP contribution is 2.22. The van der Waals surface area contributed by atoms with Crippen LogP contribution in [-0.2, 0) is 6.54 Å². The summed E-state index contributed by atoms with van der Waals surface area (Å²) < 4.78 is 15.1. The van der Waals surface area contributed by atoms with Crippen LogP contribution in [0.4, 0.5) is 10.2 Å². The lowest BCUT2D eigenvalue weighted by Crippen LogP contribution is -2.06. The average molecular weight is 305 g/mol. The summed E-state index contributed by atoms with van der Waals surface area (Å²) in [5.74, 6) is 0.156. The molecule has 0 saturated heterocycles. The van der Waals surface area contributed by atoms with E-state index in [2.05, 4.69) is 21.0 Å². The molecule has 0 radical (unpaired) electrons. The third kappa shape index (κ3) is 2.20. The first-order valence-electron chi connectivity index (χ1n) is 4.48. The molecular weight excluding hydrogens is 296 g/mol. The number of nitrogens with zero attached hydrogens (tertiary/aromatic N) is 2. The van der Waals surface area contributed by atoms with E-state index in [1.54, 1.807) is 16.9 Å². The van der Waals surface area contributed by atoms with Crippen molar-refractivity contribution in [2.45, 2.75) is 6.54 Å². The molecular formula is C10H8BrClFN3. The van der Waals surface area contributed by atoms with Gasteiger partial charge in [0.25, 0.3) is 0 Å². The molecule has 0 aliphatic heterocycles. The monoisotopic (exact) mass is 303 g/mol. The number of hydrogen-bond donors (Lipinski definition) is 1. The second-order valence-corrected chi connectivity index (χ2v) is 4.53. The minimum absolute atomic E-state index is 0.358. The Balaban J connectivity index is 2.30. The molecule has 0 spiro atoms. The Hall–Kier alpha value is -1.07. The first-order chi connectivity index (χ1) is 7.58. The van der Waals surface area contributed by atoms with Gasteiger partial charge in [-0.15, -0.1) is 0 Å². The normalized spacial score (nSPS) is 10.7. The van der Waals surface area contributed by atoms with E-state index >= 15 is 0 Å². The summed E-state index contributed by atoms with van der Waals surface area (Å²) in [4.78, 5) is 0. The predicted octanol–water partition coefficient (Wildman–Crippen LogP) is 3.07. The van der Waals surface area contributed by atoms with E-state index in [4.69, 9.17) is 17.3 Å². The molecule has 3 nitrogen and oxygen atoms in total. The summed E-state index contributed by atoms with van der Waals surface area (Å²) in [7, 11) is 0. The van der Waals surface area contributed by atoms with Crippen LogP contribution in [0, 0.1) is 5.82 Å². The summed E-state index contributed by atoms with van der Waals surface area (Å²) in [6, 6.07) is 4.24. The molecule has 0 fully saturated rings. The second-order valence-electron chi connectivity index (χ2n) is 3.27. The van der Waals surface area contributed by atoms with Crippen molar-refractivity contribution in [1.29, 1.82) is 0 Å². The molecule has 0 amide bonds. The van der Waals surface area contributed by atoms with Crippen LogP contribution >= 0.6 is 27.5 Å². The average Bonchev–Trinajstić information content (AvgIpc) is 2.54. The second kappa shape index (κ2) is 4.43. The Morgan fingerprint density at radius 3 is 2.81 bits per heavy atom. The van der Waals surface area contributed by atoms with Crippen LogP contribution < -0.4 is 5.73 Å². The molecule has 6 heteroatoms. The van der Waals surface area contributed by atoms with Gasteiger partial charge in [0.05, 0.1) is 17.2 Å². The first kappa shape index (κ1) is 11.4. The number of aromatic nitrogens is 2. The van der Waals surface area contributed by atoms with E-state index in [9.17, 15) is 4.39 Å². The number of hydrogen-bond acceptors (Lipinski definition) is 2. The van der Waals surface area contributed by atoms with Gasteiger partial charge < -0.3 is 5.73 Å². The molecule has 84 valence electrons. The van der Waals surface area contributed by atoms with Crippen molar-refractivity contribution in [2.24, 2.45) is 0 Å². The fourth-order valence-corrected chi connectivity index (χ4v) is 1.83. The van der Waals surface area contributed by atoms with Gasteiger partial charge in [-0.2, -0.15) is 5.10 Å². The fourth-order valence-electron chi connectivity index (χ4n) is 1.31. The van der Waals surface area contributed by atoms with Crippen molar-refractivity contribution in [1.82, 2.24) is 9.78 Å². The van der Waals surface area contributed by atoms with Gasteiger partial charge in [-0.05, 0) is 33.6 Å². The maximum Gasteiger partial charge on any atom is 0.136 e. The fraction of sp³-hybridized carbons (Fsp3) is 0.100. The first-order valence-corrected chi connectivity index (χ1v) is 5.65. The van der Waals surface area contributed by atoms with Gasteiger partial charge in [-0.3, -0.25) is 0 Å². The third-order valence-electron chi connectivity index (χ3n) is 2.17.